The van der Waals surface area contributed by atoms with Crippen molar-refractivity contribution < 1.29 is 24.5 Å². The number of benzene rings is 1. The summed E-state index contributed by atoms with van der Waals surface area (Å²) >= 11 is 0. The Bertz CT molecular complexity index is 1120. The van der Waals surface area contributed by atoms with Crippen LogP contribution in [0, 0.1) is 24.6 Å². The first-order chi connectivity index (χ1) is 14.2. The van der Waals surface area contributed by atoms with Crippen LogP contribution < -0.4 is 10.3 Å². The Morgan fingerprint density at radius 2 is 2.03 bits per heavy atom. The number of aryl methyl sites for hydroxylation is 1. The molecule has 3 unspecified atom stereocenters. The van der Waals surface area contributed by atoms with Crippen molar-refractivity contribution in [2.45, 2.75) is 44.2 Å². The fourth-order valence-electron chi connectivity index (χ4n) is 5.62. The number of anilines is 1. The molecule has 2 saturated carbocycles. The third-order valence-corrected chi connectivity index (χ3v) is 7.32. The Morgan fingerprint density at radius 1 is 1.30 bits per heavy atom. The molecule has 0 amide bonds. The molecule has 1 aromatic carbocycles. The van der Waals surface area contributed by atoms with Gasteiger partial charge in [-0.2, -0.15) is 0 Å². The molecule has 0 radical (unpaired) electrons. The highest BCUT2D eigenvalue weighted by molar-refractivity contribution is 5.95. The third kappa shape index (κ3) is 2.70. The summed E-state index contributed by atoms with van der Waals surface area (Å²) in [6.45, 7) is 2.48. The minimum atomic E-state index is -1.31. The molecule has 8 heteroatoms. The quantitative estimate of drug-likeness (QED) is 0.705. The van der Waals surface area contributed by atoms with Crippen molar-refractivity contribution in [3.05, 3.63) is 39.4 Å². The van der Waals surface area contributed by atoms with E-state index in [4.69, 9.17) is 0 Å². The van der Waals surface area contributed by atoms with Gasteiger partial charge in [0, 0.05) is 36.6 Å². The molecule has 1 aromatic heterocycles. The standard InChI is InChI=1S/C22H25FN2O5/c1-11-18-14(20(27)15(21(28)29)8-25(18)13-2-3-13)6-17(23)19(11)24-7-12-4-5-22(30,10-26)16(12)9-24/h6,8,12-13,16,26,30H,2-5,7,9-10H2,1H3,(H,28,29). The van der Waals surface area contributed by atoms with Crippen molar-refractivity contribution >= 4 is 22.6 Å². The molecule has 3 N–H and O–H groups in total. The number of carboxylic acid groups (broad SMARTS) is 1. The summed E-state index contributed by atoms with van der Waals surface area (Å²) in [4.78, 5) is 26.2. The summed E-state index contributed by atoms with van der Waals surface area (Å²) in [6.07, 6.45) is 4.50. The van der Waals surface area contributed by atoms with E-state index in [1.54, 1.807) is 6.92 Å². The Hall–Kier alpha value is -2.45. The summed E-state index contributed by atoms with van der Waals surface area (Å²) in [5.41, 5.74) is -0.556. The van der Waals surface area contributed by atoms with Gasteiger partial charge in [-0.25, -0.2) is 9.18 Å². The summed E-state index contributed by atoms with van der Waals surface area (Å²) in [5, 5.41) is 29.9. The van der Waals surface area contributed by atoms with Gasteiger partial charge in [-0.05, 0) is 50.2 Å². The number of aromatic carboxylic acids is 1. The maximum Gasteiger partial charge on any atom is 0.341 e. The van der Waals surface area contributed by atoms with Gasteiger partial charge in [0.05, 0.1) is 23.4 Å². The number of aliphatic hydroxyl groups is 2. The molecular weight excluding hydrogens is 391 g/mol. The smallest absolute Gasteiger partial charge is 0.341 e. The maximum absolute atomic E-state index is 15.3. The monoisotopic (exact) mass is 416 g/mol. The van der Waals surface area contributed by atoms with Gasteiger partial charge in [-0.15, -0.1) is 0 Å². The van der Waals surface area contributed by atoms with Crippen LogP contribution in [-0.4, -0.2) is 51.2 Å². The van der Waals surface area contributed by atoms with E-state index in [2.05, 4.69) is 0 Å². The fraction of sp³-hybridized carbons (Fsp3) is 0.545. The number of carboxylic acids is 1. The van der Waals surface area contributed by atoms with E-state index in [0.717, 1.165) is 25.3 Å². The van der Waals surface area contributed by atoms with Crippen molar-refractivity contribution in [3.8, 4) is 0 Å². The number of aliphatic hydroxyl groups excluding tert-OH is 1. The summed E-state index contributed by atoms with van der Waals surface area (Å²) in [6, 6.07) is 1.28. The van der Waals surface area contributed by atoms with Gasteiger partial charge >= 0.3 is 5.97 Å². The summed E-state index contributed by atoms with van der Waals surface area (Å²) in [5.74, 6) is -1.82. The molecule has 2 aliphatic carbocycles. The van der Waals surface area contributed by atoms with Gasteiger partial charge in [0.1, 0.15) is 11.4 Å². The van der Waals surface area contributed by atoms with E-state index in [0.29, 0.717) is 36.3 Å². The lowest BCUT2D eigenvalue weighted by Gasteiger charge is -2.29. The van der Waals surface area contributed by atoms with Gasteiger partial charge in [0.2, 0.25) is 5.43 Å². The predicted octanol–water partition coefficient (Wildman–Crippen LogP) is 2.05. The number of rotatable bonds is 4. The summed E-state index contributed by atoms with van der Waals surface area (Å²) < 4.78 is 17.1. The largest absolute Gasteiger partial charge is 0.477 e. The van der Waals surface area contributed by atoms with Crippen LogP contribution in [0.25, 0.3) is 10.9 Å². The normalized spacial score (nSPS) is 28.3. The van der Waals surface area contributed by atoms with E-state index >= 15 is 4.39 Å². The van der Waals surface area contributed by atoms with E-state index in [9.17, 15) is 24.9 Å². The summed E-state index contributed by atoms with van der Waals surface area (Å²) in [7, 11) is 0. The van der Waals surface area contributed by atoms with E-state index < -0.39 is 22.8 Å². The Balaban J connectivity index is 1.66. The van der Waals surface area contributed by atoms with Gasteiger partial charge in [-0.1, -0.05) is 0 Å². The van der Waals surface area contributed by atoms with Gasteiger partial charge < -0.3 is 24.8 Å². The number of carbonyl (C=O) groups is 1. The molecule has 0 spiro atoms. The highest BCUT2D eigenvalue weighted by Gasteiger charge is 2.51. The highest BCUT2D eigenvalue weighted by Crippen LogP contribution is 2.47. The van der Waals surface area contributed by atoms with Crippen LogP contribution in [-0.2, 0) is 0 Å². The van der Waals surface area contributed by atoms with Crippen LogP contribution in [0.4, 0.5) is 10.1 Å². The van der Waals surface area contributed by atoms with Crippen molar-refractivity contribution in [3.63, 3.8) is 0 Å². The van der Waals surface area contributed by atoms with Crippen LogP contribution in [0.2, 0.25) is 0 Å². The second kappa shape index (κ2) is 6.52. The van der Waals surface area contributed by atoms with Crippen molar-refractivity contribution in [1.82, 2.24) is 4.57 Å². The number of pyridine rings is 1. The maximum atomic E-state index is 15.3. The first kappa shape index (κ1) is 19.5. The molecule has 1 aliphatic heterocycles. The Labute approximate surface area is 172 Å². The molecule has 3 atom stereocenters. The number of aromatic nitrogens is 1. The van der Waals surface area contributed by atoms with Crippen LogP contribution in [0.5, 0.6) is 0 Å². The first-order valence-electron chi connectivity index (χ1n) is 10.4. The van der Waals surface area contributed by atoms with Crippen molar-refractivity contribution in [2.75, 3.05) is 24.6 Å². The molecule has 30 heavy (non-hydrogen) atoms. The van der Waals surface area contributed by atoms with E-state index in [1.165, 1.54) is 6.20 Å². The van der Waals surface area contributed by atoms with Gasteiger partial charge in [-0.3, -0.25) is 4.79 Å². The van der Waals surface area contributed by atoms with Crippen molar-refractivity contribution in [1.29, 1.82) is 0 Å². The lowest BCUT2D eigenvalue weighted by Crippen LogP contribution is -2.40. The fourth-order valence-corrected chi connectivity index (χ4v) is 5.62. The third-order valence-electron chi connectivity index (χ3n) is 7.32. The molecule has 7 nitrogen and oxygen atoms in total. The first-order valence-corrected chi connectivity index (χ1v) is 10.4. The second-order valence-corrected chi connectivity index (χ2v) is 9.12. The van der Waals surface area contributed by atoms with Gasteiger partial charge in [0.25, 0.3) is 0 Å². The minimum Gasteiger partial charge on any atom is -0.477 e. The van der Waals surface area contributed by atoms with Gasteiger partial charge in [0.15, 0.2) is 0 Å². The molecule has 3 aliphatic rings. The molecule has 2 heterocycles. The molecule has 5 rings (SSSR count). The number of nitrogens with zero attached hydrogens (tertiary/aromatic N) is 2. The zero-order valence-corrected chi connectivity index (χ0v) is 16.8. The average molecular weight is 416 g/mol. The SMILES string of the molecule is Cc1c(N2CC3CCC(O)(CO)C3C2)c(F)cc2c(=O)c(C(=O)O)cn(C3CC3)c12. The Morgan fingerprint density at radius 3 is 2.67 bits per heavy atom. The number of halogens is 1. The van der Waals surface area contributed by atoms with Crippen molar-refractivity contribution in [2.24, 2.45) is 11.8 Å². The lowest BCUT2D eigenvalue weighted by molar-refractivity contribution is -0.0432. The molecular formula is C22H25FN2O5. The zero-order valence-electron chi connectivity index (χ0n) is 16.8. The number of fused-ring (bicyclic) bond motifs is 2. The molecule has 3 fully saturated rings. The van der Waals surface area contributed by atoms with Crippen LogP contribution >= 0.6 is 0 Å². The number of hydrogen-bond acceptors (Lipinski definition) is 5. The lowest BCUT2D eigenvalue weighted by atomic mass is 9.89. The van der Waals surface area contributed by atoms with Crippen LogP contribution in [0.3, 0.4) is 0 Å². The number of hydrogen-bond donors (Lipinski definition) is 3. The molecule has 0 bridgehead atoms. The minimum absolute atomic E-state index is 0.0896. The van der Waals surface area contributed by atoms with E-state index in [-0.39, 0.29) is 35.4 Å². The topological polar surface area (TPSA) is 103 Å². The molecule has 160 valence electrons. The van der Waals surface area contributed by atoms with Crippen LogP contribution in [0.15, 0.2) is 17.1 Å². The highest BCUT2D eigenvalue weighted by atomic mass is 19.1. The predicted molar refractivity (Wildman–Crippen MR) is 109 cm³/mol. The average Bonchev–Trinajstić information content (AvgIpc) is 3.38. The Kier molecular flexibility index (Phi) is 4.24. The second-order valence-electron chi connectivity index (χ2n) is 9.12. The van der Waals surface area contributed by atoms with E-state index in [1.807, 2.05) is 9.47 Å². The molecule has 1 saturated heterocycles. The zero-order chi connectivity index (χ0) is 21.4. The molecule has 2 aromatic rings. The van der Waals surface area contributed by atoms with Crippen LogP contribution in [0.1, 0.15) is 47.6 Å².